The van der Waals surface area contributed by atoms with Gasteiger partial charge in [-0.2, -0.15) is 5.26 Å². The number of benzene rings is 2. The van der Waals surface area contributed by atoms with Gasteiger partial charge in [0.15, 0.2) is 0 Å². The number of furan rings is 1. The molecule has 32 heavy (non-hydrogen) atoms. The Hall–Kier alpha value is -3.80. The number of nitrogens with zero attached hydrogens (tertiary/aromatic N) is 2. The summed E-state index contributed by atoms with van der Waals surface area (Å²) in [6.07, 6.45) is 1.25. The Balaban J connectivity index is 1.85. The monoisotopic (exact) mass is 471 g/mol. The summed E-state index contributed by atoms with van der Waals surface area (Å²) in [5.74, 6) is 0.336. The molecule has 3 aromatic rings. The van der Waals surface area contributed by atoms with E-state index in [-0.39, 0.29) is 38.4 Å². The second kappa shape index (κ2) is 10.0. The fourth-order valence-corrected chi connectivity index (χ4v) is 3.31. The maximum Gasteiger partial charge on any atom is 0.288 e. The fraction of sp³-hybridized carbons (Fsp3) is 0.0909. The Morgan fingerprint density at radius 3 is 2.72 bits per heavy atom. The predicted octanol–water partition coefficient (Wildman–Crippen LogP) is 6.11. The minimum atomic E-state index is -0.640. The summed E-state index contributed by atoms with van der Waals surface area (Å²) in [5.41, 5.74) is 0.174. The van der Waals surface area contributed by atoms with Crippen LogP contribution in [0.15, 0.2) is 58.5 Å². The van der Waals surface area contributed by atoms with Gasteiger partial charge in [-0.3, -0.25) is 14.9 Å². The molecule has 0 aliphatic heterocycles. The third kappa shape index (κ3) is 5.27. The third-order valence-electron chi connectivity index (χ3n) is 4.18. The summed E-state index contributed by atoms with van der Waals surface area (Å²) < 4.78 is 11.0. The van der Waals surface area contributed by atoms with Crippen molar-refractivity contribution in [1.82, 2.24) is 0 Å². The molecule has 0 radical (unpaired) electrons. The number of nitrogens with one attached hydrogen (secondary N) is 1. The molecule has 0 unspecified atom stereocenters. The first-order valence-corrected chi connectivity index (χ1v) is 9.97. The molecule has 1 amide bonds. The number of hydrogen-bond donors (Lipinski definition) is 1. The molecule has 0 bridgehead atoms. The molecule has 8 nitrogen and oxygen atoms in total. The summed E-state index contributed by atoms with van der Waals surface area (Å²) in [4.78, 5) is 23.0. The van der Waals surface area contributed by atoms with Crippen molar-refractivity contribution >= 4 is 46.6 Å². The summed E-state index contributed by atoms with van der Waals surface area (Å²) in [6.45, 7) is 2.32. The number of amides is 1. The van der Waals surface area contributed by atoms with Gasteiger partial charge in [0.2, 0.25) is 0 Å². The lowest BCUT2D eigenvalue weighted by molar-refractivity contribution is -0.384. The summed E-state index contributed by atoms with van der Waals surface area (Å²) >= 11 is 12.0. The number of ether oxygens (including phenoxy) is 1. The lowest BCUT2D eigenvalue weighted by Crippen LogP contribution is -2.13. The van der Waals surface area contributed by atoms with Gasteiger partial charge in [0.05, 0.1) is 16.6 Å². The highest BCUT2D eigenvalue weighted by Crippen LogP contribution is 2.37. The molecule has 1 N–H and O–H groups in total. The first kappa shape index (κ1) is 22.9. The second-order valence-electron chi connectivity index (χ2n) is 6.33. The first-order chi connectivity index (χ1) is 15.3. The van der Waals surface area contributed by atoms with E-state index in [1.54, 1.807) is 24.3 Å². The van der Waals surface area contributed by atoms with Gasteiger partial charge >= 0.3 is 0 Å². The number of nitro benzene ring substituents is 1. The summed E-state index contributed by atoms with van der Waals surface area (Å²) in [7, 11) is 0. The van der Waals surface area contributed by atoms with Gasteiger partial charge in [0.1, 0.15) is 33.9 Å². The van der Waals surface area contributed by atoms with Gasteiger partial charge in [0.25, 0.3) is 11.6 Å². The molecule has 0 saturated carbocycles. The van der Waals surface area contributed by atoms with Gasteiger partial charge in [0, 0.05) is 29.5 Å². The van der Waals surface area contributed by atoms with Crippen LogP contribution in [0, 0.1) is 21.4 Å². The van der Waals surface area contributed by atoms with E-state index in [9.17, 15) is 20.2 Å². The molecule has 1 aromatic heterocycles. The van der Waals surface area contributed by atoms with Gasteiger partial charge in [-0.1, -0.05) is 29.3 Å². The van der Waals surface area contributed by atoms with E-state index in [4.69, 9.17) is 32.4 Å². The zero-order valence-corrected chi connectivity index (χ0v) is 18.1. The number of nitro groups is 1. The second-order valence-corrected chi connectivity index (χ2v) is 7.14. The van der Waals surface area contributed by atoms with Crippen LogP contribution in [0.3, 0.4) is 0 Å². The Morgan fingerprint density at radius 2 is 2.03 bits per heavy atom. The van der Waals surface area contributed by atoms with Crippen LogP contribution < -0.4 is 10.1 Å². The quantitative estimate of drug-likeness (QED) is 0.192. The zero-order chi connectivity index (χ0) is 23.3. The Bertz CT molecular complexity index is 1260. The van der Waals surface area contributed by atoms with Crippen LogP contribution in [0.25, 0.3) is 17.4 Å². The van der Waals surface area contributed by atoms with Crippen LogP contribution in [0.2, 0.25) is 10.0 Å². The summed E-state index contributed by atoms with van der Waals surface area (Å²) in [6, 6.07) is 14.1. The van der Waals surface area contributed by atoms with Crippen molar-refractivity contribution in [3.05, 3.63) is 80.0 Å². The molecule has 1 heterocycles. The summed E-state index contributed by atoms with van der Waals surface area (Å²) in [5, 5.41) is 23.2. The van der Waals surface area contributed by atoms with Crippen molar-refractivity contribution in [3.8, 4) is 23.1 Å². The Kier molecular flexibility index (Phi) is 7.15. The van der Waals surface area contributed by atoms with Crippen molar-refractivity contribution in [1.29, 1.82) is 5.26 Å². The van der Waals surface area contributed by atoms with Crippen molar-refractivity contribution in [2.45, 2.75) is 6.92 Å². The highest BCUT2D eigenvalue weighted by Gasteiger charge is 2.19. The van der Waals surface area contributed by atoms with Crippen LogP contribution in [-0.4, -0.2) is 17.4 Å². The minimum absolute atomic E-state index is 0.104. The lowest BCUT2D eigenvalue weighted by Gasteiger charge is -2.07. The standard InChI is InChI=1S/C22H15Cl2N3O5/c1-2-31-15-5-3-4-14(9-15)26-22(28)13(12-25)8-16-6-7-21(32-16)17-10-20(27(29)30)19(24)11-18(17)23/h3-11H,2H2,1H3,(H,26,28)/b13-8-. The highest BCUT2D eigenvalue weighted by molar-refractivity contribution is 6.37. The highest BCUT2D eigenvalue weighted by atomic mass is 35.5. The number of rotatable bonds is 7. The molecule has 162 valence electrons. The zero-order valence-electron chi connectivity index (χ0n) is 16.6. The van der Waals surface area contributed by atoms with E-state index in [2.05, 4.69) is 5.32 Å². The average molecular weight is 472 g/mol. The van der Waals surface area contributed by atoms with Crippen molar-refractivity contribution < 1.29 is 18.9 Å². The van der Waals surface area contributed by atoms with Crippen LogP contribution >= 0.6 is 23.2 Å². The van der Waals surface area contributed by atoms with Crippen molar-refractivity contribution in [2.24, 2.45) is 0 Å². The van der Waals surface area contributed by atoms with E-state index in [1.165, 1.54) is 30.3 Å². The maximum atomic E-state index is 12.5. The topological polar surface area (TPSA) is 118 Å². The van der Waals surface area contributed by atoms with Gasteiger partial charge in [-0.25, -0.2) is 0 Å². The van der Waals surface area contributed by atoms with Crippen molar-refractivity contribution in [3.63, 3.8) is 0 Å². The molecular weight excluding hydrogens is 457 g/mol. The van der Waals surface area contributed by atoms with Crippen LogP contribution in [0.5, 0.6) is 5.75 Å². The molecule has 3 rings (SSSR count). The molecule has 0 atom stereocenters. The van der Waals surface area contributed by atoms with E-state index in [0.717, 1.165) is 0 Å². The molecule has 2 aromatic carbocycles. The van der Waals surface area contributed by atoms with E-state index >= 15 is 0 Å². The molecule has 0 spiro atoms. The number of halogens is 2. The molecule has 0 saturated heterocycles. The number of carbonyl (C=O) groups excluding carboxylic acids is 1. The predicted molar refractivity (Wildman–Crippen MR) is 121 cm³/mol. The molecule has 0 fully saturated rings. The van der Waals surface area contributed by atoms with Gasteiger partial charge < -0.3 is 14.5 Å². The van der Waals surface area contributed by atoms with Crippen molar-refractivity contribution in [2.75, 3.05) is 11.9 Å². The molecule has 0 aliphatic rings. The van der Waals surface area contributed by atoms with Gasteiger partial charge in [-0.15, -0.1) is 0 Å². The Morgan fingerprint density at radius 1 is 1.25 bits per heavy atom. The number of anilines is 1. The SMILES string of the molecule is CCOc1cccc(NC(=O)/C(C#N)=C\c2ccc(-c3cc([N+](=O)[O-])c(Cl)cc3Cl)o2)c1. The van der Waals surface area contributed by atoms with E-state index < -0.39 is 10.8 Å². The van der Waals surface area contributed by atoms with Crippen LogP contribution in [0.4, 0.5) is 11.4 Å². The normalized spacial score (nSPS) is 11.0. The lowest BCUT2D eigenvalue weighted by atomic mass is 10.1. The van der Waals surface area contributed by atoms with E-state index in [0.29, 0.717) is 18.0 Å². The third-order valence-corrected chi connectivity index (χ3v) is 4.80. The van der Waals surface area contributed by atoms with Crippen LogP contribution in [0.1, 0.15) is 12.7 Å². The minimum Gasteiger partial charge on any atom is -0.494 e. The average Bonchev–Trinajstić information content (AvgIpc) is 3.20. The van der Waals surface area contributed by atoms with Crippen LogP contribution in [-0.2, 0) is 4.79 Å². The number of hydrogen-bond acceptors (Lipinski definition) is 6. The smallest absolute Gasteiger partial charge is 0.288 e. The van der Waals surface area contributed by atoms with E-state index in [1.807, 2.05) is 13.0 Å². The van der Waals surface area contributed by atoms with Gasteiger partial charge in [-0.05, 0) is 37.3 Å². The Labute approximate surface area is 192 Å². The number of nitriles is 1. The fourth-order valence-electron chi connectivity index (χ4n) is 2.76. The number of carbonyl (C=O) groups is 1. The first-order valence-electron chi connectivity index (χ1n) is 9.22. The molecule has 0 aliphatic carbocycles. The largest absolute Gasteiger partial charge is 0.494 e. The maximum absolute atomic E-state index is 12.5. The molecule has 10 heteroatoms. The molecular formula is C22H15Cl2N3O5.